The molecule has 1 fully saturated rings. The van der Waals surface area contributed by atoms with Gasteiger partial charge < -0.3 is 0 Å². The summed E-state index contributed by atoms with van der Waals surface area (Å²) in [5.74, 6) is 0. The Labute approximate surface area is 101 Å². The van der Waals surface area contributed by atoms with E-state index >= 15 is 0 Å². The van der Waals surface area contributed by atoms with Crippen molar-refractivity contribution in [3.63, 3.8) is 0 Å². The van der Waals surface area contributed by atoms with Crippen LogP contribution in [0.25, 0.3) is 0 Å². The zero-order valence-electron chi connectivity index (χ0n) is 9.38. The van der Waals surface area contributed by atoms with Crippen molar-refractivity contribution in [3.8, 4) is 0 Å². The molecule has 1 heteroatoms. The van der Waals surface area contributed by atoms with E-state index in [4.69, 9.17) is 0 Å². The maximum absolute atomic E-state index is 3.90. The van der Waals surface area contributed by atoms with Gasteiger partial charge in [0, 0.05) is 4.83 Å². The van der Waals surface area contributed by atoms with E-state index in [9.17, 15) is 0 Å². The van der Waals surface area contributed by atoms with Crippen molar-refractivity contribution in [2.24, 2.45) is 5.41 Å². The molecule has 0 aromatic heterocycles. The minimum atomic E-state index is 0.524. The SMILES string of the molecule is CC1(C(Br)Cc2ccccc2)CCCC1. The van der Waals surface area contributed by atoms with Gasteiger partial charge in [-0.25, -0.2) is 0 Å². The van der Waals surface area contributed by atoms with E-state index in [0.29, 0.717) is 10.2 Å². The van der Waals surface area contributed by atoms with Crippen LogP contribution in [-0.4, -0.2) is 4.83 Å². The van der Waals surface area contributed by atoms with Crippen molar-refractivity contribution in [2.45, 2.75) is 43.9 Å². The second-order valence-corrected chi connectivity index (χ2v) is 6.12. The lowest BCUT2D eigenvalue weighted by Crippen LogP contribution is -2.26. The minimum absolute atomic E-state index is 0.524. The van der Waals surface area contributed by atoms with Crippen molar-refractivity contribution in [1.82, 2.24) is 0 Å². The normalized spacial score (nSPS) is 21.5. The average Bonchev–Trinajstić information content (AvgIpc) is 2.68. The molecule has 0 radical (unpaired) electrons. The van der Waals surface area contributed by atoms with E-state index in [-0.39, 0.29) is 0 Å². The van der Waals surface area contributed by atoms with Crippen LogP contribution in [0.15, 0.2) is 30.3 Å². The Balaban J connectivity index is 2.00. The molecule has 0 amide bonds. The summed E-state index contributed by atoms with van der Waals surface area (Å²) in [6.45, 7) is 2.43. The second kappa shape index (κ2) is 4.69. The third kappa shape index (κ3) is 2.63. The Morgan fingerprint density at radius 3 is 2.40 bits per heavy atom. The quantitative estimate of drug-likeness (QED) is 0.703. The average molecular weight is 267 g/mol. The van der Waals surface area contributed by atoms with Gasteiger partial charge in [0.1, 0.15) is 0 Å². The topological polar surface area (TPSA) is 0 Å². The molecule has 82 valence electrons. The van der Waals surface area contributed by atoms with E-state index in [1.54, 1.807) is 0 Å². The van der Waals surface area contributed by atoms with Crippen molar-refractivity contribution in [3.05, 3.63) is 35.9 Å². The van der Waals surface area contributed by atoms with Crippen LogP contribution in [0.1, 0.15) is 38.2 Å². The Kier molecular flexibility index (Phi) is 3.50. The maximum Gasteiger partial charge on any atom is 0.0239 e. The lowest BCUT2D eigenvalue weighted by Gasteiger charge is -2.29. The van der Waals surface area contributed by atoms with Crippen LogP contribution in [0.5, 0.6) is 0 Å². The number of alkyl halides is 1. The van der Waals surface area contributed by atoms with E-state index in [1.165, 1.54) is 31.2 Å². The fourth-order valence-electron chi connectivity index (χ4n) is 2.56. The van der Waals surface area contributed by atoms with Gasteiger partial charge in [-0.2, -0.15) is 0 Å². The molecule has 1 aliphatic carbocycles. The second-order valence-electron chi connectivity index (χ2n) is 5.02. The van der Waals surface area contributed by atoms with E-state index < -0.39 is 0 Å². The van der Waals surface area contributed by atoms with Crippen LogP contribution in [0, 0.1) is 5.41 Å². The molecule has 0 bridgehead atoms. The molecule has 0 heterocycles. The molecule has 0 saturated heterocycles. The first-order valence-corrected chi connectivity index (χ1v) is 6.80. The van der Waals surface area contributed by atoms with Crippen LogP contribution >= 0.6 is 15.9 Å². The third-order valence-corrected chi connectivity index (χ3v) is 5.19. The molecule has 1 aromatic carbocycles. The molecular formula is C14H19Br. The van der Waals surface area contributed by atoms with Gasteiger partial charge in [-0.1, -0.05) is 66.0 Å². The minimum Gasteiger partial charge on any atom is -0.0881 e. The lowest BCUT2D eigenvalue weighted by molar-refractivity contribution is 0.325. The molecule has 1 aliphatic rings. The summed E-state index contributed by atoms with van der Waals surface area (Å²) < 4.78 is 0. The van der Waals surface area contributed by atoms with Gasteiger partial charge in [0.25, 0.3) is 0 Å². The highest BCUT2D eigenvalue weighted by Gasteiger charge is 2.35. The summed E-state index contributed by atoms with van der Waals surface area (Å²) in [7, 11) is 0. The number of hydrogen-bond donors (Lipinski definition) is 0. The molecule has 1 saturated carbocycles. The van der Waals surface area contributed by atoms with Crippen LogP contribution < -0.4 is 0 Å². The zero-order valence-corrected chi connectivity index (χ0v) is 11.0. The smallest absolute Gasteiger partial charge is 0.0239 e. The molecule has 1 unspecified atom stereocenters. The molecule has 15 heavy (non-hydrogen) atoms. The number of halogens is 1. The van der Waals surface area contributed by atoms with Crippen molar-refractivity contribution >= 4 is 15.9 Å². The molecule has 0 nitrogen and oxygen atoms in total. The lowest BCUT2D eigenvalue weighted by atomic mass is 9.82. The Hall–Kier alpha value is -0.300. The van der Waals surface area contributed by atoms with Gasteiger partial charge in [0.15, 0.2) is 0 Å². The monoisotopic (exact) mass is 266 g/mol. The Bertz CT molecular complexity index is 298. The van der Waals surface area contributed by atoms with Crippen LogP contribution in [0.3, 0.4) is 0 Å². The number of benzene rings is 1. The van der Waals surface area contributed by atoms with Crippen LogP contribution in [-0.2, 0) is 6.42 Å². The predicted molar refractivity (Wildman–Crippen MR) is 69.4 cm³/mol. The van der Waals surface area contributed by atoms with E-state index in [0.717, 1.165) is 6.42 Å². The molecule has 1 atom stereocenters. The number of hydrogen-bond acceptors (Lipinski definition) is 0. The van der Waals surface area contributed by atoms with Gasteiger partial charge in [-0.15, -0.1) is 0 Å². The largest absolute Gasteiger partial charge is 0.0881 e. The first-order valence-electron chi connectivity index (χ1n) is 5.89. The summed E-state index contributed by atoms with van der Waals surface area (Å²) >= 11 is 3.90. The molecule has 0 aliphatic heterocycles. The fourth-order valence-corrected chi connectivity index (χ4v) is 3.40. The Morgan fingerprint density at radius 2 is 1.80 bits per heavy atom. The molecule has 1 aromatic rings. The highest BCUT2D eigenvalue weighted by molar-refractivity contribution is 9.09. The fraction of sp³-hybridized carbons (Fsp3) is 0.571. The van der Waals surface area contributed by atoms with Crippen LogP contribution in [0.4, 0.5) is 0 Å². The first kappa shape index (κ1) is 11.2. The van der Waals surface area contributed by atoms with Crippen molar-refractivity contribution < 1.29 is 0 Å². The molecular weight excluding hydrogens is 248 g/mol. The molecule has 0 N–H and O–H groups in total. The van der Waals surface area contributed by atoms with Gasteiger partial charge in [0.05, 0.1) is 0 Å². The highest BCUT2D eigenvalue weighted by Crippen LogP contribution is 2.44. The molecule has 0 spiro atoms. The predicted octanol–water partition coefficient (Wildman–Crippen LogP) is 4.57. The van der Waals surface area contributed by atoms with Crippen molar-refractivity contribution in [2.75, 3.05) is 0 Å². The highest BCUT2D eigenvalue weighted by atomic mass is 79.9. The van der Waals surface area contributed by atoms with Crippen molar-refractivity contribution in [1.29, 1.82) is 0 Å². The third-order valence-electron chi connectivity index (χ3n) is 3.76. The van der Waals surface area contributed by atoms with Gasteiger partial charge in [0.2, 0.25) is 0 Å². The summed E-state index contributed by atoms with van der Waals surface area (Å²) in [5, 5.41) is 0. The van der Waals surface area contributed by atoms with E-state index in [1.807, 2.05) is 0 Å². The van der Waals surface area contributed by atoms with Crippen LogP contribution in [0.2, 0.25) is 0 Å². The zero-order chi connectivity index (χ0) is 10.7. The Morgan fingerprint density at radius 1 is 1.20 bits per heavy atom. The maximum atomic E-state index is 3.90. The summed E-state index contributed by atoms with van der Waals surface area (Å²) in [5.41, 5.74) is 1.98. The summed E-state index contributed by atoms with van der Waals surface area (Å²) in [6.07, 6.45) is 6.75. The van der Waals surface area contributed by atoms with E-state index in [2.05, 4.69) is 53.2 Å². The van der Waals surface area contributed by atoms with Gasteiger partial charge in [-0.3, -0.25) is 0 Å². The standard InChI is InChI=1S/C14H19Br/c1-14(9-5-6-10-14)13(15)11-12-7-3-2-4-8-12/h2-4,7-8,13H,5-6,9-11H2,1H3. The number of rotatable bonds is 3. The summed E-state index contributed by atoms with van der Waals surface area (Å²) in [6, 6.07) is 10.8. The van der Waals surface area contributed by atoms with Gasteiger partial charge in [-0.05, 0) is 30.2 Å². The van der Waals surface area contributed by atoms with Gasteiger partial charge >= 0.3 is 0 Å². The molecule has 2 rings (SSSR count). The summed E-state index contributed by atoms with van der Waals surface area (Å²) in [4.78, 5) is 0.634. The first-order chi connectivity index (χ1) is 7.21.